The lowest BCUT2D eigenvalue weighted by Crippen LogP contribution is -2.50. The van der Waals surface area contributed by atoms with E-state index in [2.05, 4.69) is 27.7 Å². The molecule has 2 saturated carbocycles. The third-order valence-corrected chi connectivity index (χ3v) is 5.47. The third kappa shape index (κ3) is 1.20. The van der Waals surface area contributed by atoms with Crippen LogP contribution in [0.1, 0.15) is 53.9 Å². The van der Waals surface area contributed by atoms with E-state index in [1.807, 2.05) is 0 Å². The van der Waals surface area contributed by atoms with Crippen LogP contribution in [0.4, 0.5) is 0 Å². The first-order valence-corrected chi connectivity index (χ1v) is 5.93. The van der Waals surface area contributed by atoms with Crippen LogP contribution in [0.15, 0.2) is 0 Å². The first-order valence-electron chi connectivity index (χ1n) is 5.93. The molecule has 0 spiro atoms. The molecule has 2 nitrogen and oxygen atoms in total. The molecule has 0 aromatic carbocycles. The molecule has 4 atom stereocenters. The fourth-order valence-corrected chi connectivity index (χ4v) is 4.12. The van der Waals surface area contributed by atoms with Gasteiger partial charge in [0.05, 0.1) is 0 Å². The molecule has 0 heterocycles. The Kier molecular flexibility index (Phi) is 2.03. The van der Waals surface area contributed by atoms with Gasteiger partial charge >= 0.3 is 5.97 Å². The second-order valence-electron chi connectivity index (χ2n) is 6.31. The van der Waals surface area contributed by atoms with E-state index in [0.717, 1.165) is 0 Å². The van der Waals surface area contributed by atoms with Crippen LogP contribution in [0.3, 0.4) is 0 Å². The molecule has 2 aliphatic carbocycles. The molecule has 0 aliphatic heterocycles. The lowest BCUT2D eigenvalue weighted by molar-refractivity contribution is -0.178. The summed E-state index contributed by atoms with van der Waals surface area (Å²) in [6.07, 6.45) is 3.67. The summed E-state index contributed by atoms with van der Waals surface area (Å²) in [5.41, 5.74) is 0.303. The van der Waals surface area contributed by atoms with Crippen molar-refractivity contribution in [3.63, 3.8) is 0 Å². The number of ether oxygens (including phenoxy) is 1. The Morgan fingerprint density at radius 3 is 2.27 bits per heavy atom. The molecular formula is C13H22O2. The summed E-state index contributed by atoms with van der Waals surface area (Å²) in [4.78, 5) is 11.3. The molecule has 0 radical (unpaired) electrons. The maximum absolute atomic E-state index is 11.3. The number of fused-ring (bicyclic) bond motifs is 2. The molecule has 4 unspecified atom stereocenters. The van der Waals surface area contributed by atoms with Gasteiger partial charge in [-0.1, -0.05) is 20.8 Å². The molecule has 2 aliphatic rings. The number of esters is 1. The van der Waals surface area contributed by atoms with Crippen LogP contribution in [0, 0.1) is 16.7 Å². The van der Waals surface area contributed by atoms with E-state index in [1.54, 1.807) is 0 Å². The standard InChI is InChI=1S/C13H22O2/c1-9-11(3)6-7-12(4,8-11)13(9,5)15-10(2)14/h9H,6-8H2,1-5H3. The first-order chi connectivity index (χ1) is 6.74. The summed E-state index contributed by atoms with van der Waals surface area (Å²) >= 11 is 0. The third-order valence-electron chi connectivity index (χ3n) is 5.47. The van der Waals surface area contributed by atoms with Crippen molar-refractivity contribution in [3.8, 4) is 0 Å². The minimum atomic E-state index is -0.258. The molecule has 0 amide bonds. The number of carbonyl (C=O) groups is 1. The average molecular weight is 210 g/mol. The van der Waals surface area contributed by atoms with Crippen LogP contribution < -0.4 is 0 Å². The summed E-state index contributed by atoms with van der Waals surface area (Å²) in [7, 11) is 0. The van der Waals surface area contributed by atoms with Gasteiger partial charge in [0.2, 0.25) is 0 Å². The van der Waals surface area contributed by atoms with Crippen molar-refractivity contribution in [3.05, 3.63) is 0 Å². The van der Waals surface area contributed by atoms with Gasteiger partial charge in [-0.3, -0.25) is 4.79 Å². The molecule has 0 N–H and O–H groups in total. The van der Waals surface area contributed by atoms with E-state index in [1.165, 1.54) is 26.2 Å². The monoisotopic (exact) mass is 210 g/mol. The Hall–Kier alpha value is -0.530. The van der Waals surface area contributed by atoms with Gasteiger partial charge in [-0.2, -0.15) is 0 Å². The van der Waals surface area contributed by atoms with Gasteiger partial charge in [0, 0.05) is 18.3 Å². The van der Waals surface area contributed by atoms with Crippen molar-refractivity contribution >= 4 is 5.97 Å². The fourth-order valence-electron chi connectivity index (χ4n) is 4.12. The minimum Gasteiger partial charge on any atom is -0.459 e. The largest absolute Gasteiger partial charge is 0.459 e. The summed E-state index contributed by atoms with van der Waals surface area (Å²) < 4.78 is 5.67. The summed E-state index contributed by atoms with van der Waals surface area (Å²) in [6.45, 7) is 10.5. The van der Waals surface area contributed by atoms with Gasteiger partial charge in [0.25, 0.3) is 0 Å². The van der Waals surface area contributed by atoms with Crippen molar-refractivity contribution < 1.29 is 9.53 Å². The molecule has 86 valence electrons. The Morgan fingerprint density at radius 1 is 1.27 bits per heavy atom. The molecule has 0 aromatic rings. The number of hydrogen-bond acceptors (Lipinski definition) is 2. The SMILES string of the molecule is CC(=O)OC1(C)C(C)C2(C)CCC1(C)C2. The fraction of sp³-hybridized carbons (Fsp3) is 0.923. The van der Waals surface area contributed by atoms with Crippen molar-refractivity contribution in [2.45, 2.75) is 59.5 Å². The van der Waals surface area contributed by atoms with Gasteiger partial charge < -0.3 is 4.74 Å². The maximum Gasteiger partial charge on any atom is 0.303 e. The van der Waals surface area contributed by atoms with Crippen LogP contribution in [-0.4, -0.2) is 11.6 Å². The smallest absolute Gasteiger partial charge is 0.303 e. The molecule has 2 bridgehead atoms. The highest BCUT2D eigenvalue weighted by Crippen LogP contribution is 2.69. The molecule has 2 rings (SSSR count). The van der Waals surface area contributed by atoms with Crippen LogP contribution in [0.2, 0.25) is 0 Å². The highest BCUT2D eigenvalue weighted by Gasteiger charge is 2.67. The Morgan fingerprint density at radius 2 is 1.87 bits per heavy atom. The zero-order chi connectivity index (χ0) is 11.5. The van der Waals surface area contributed by atoms with Crippen LogP contribution in [0.25, 0.3) is 0 Å². The van der Waals surface area contributed by atoms with Crippen molar-refractivity contribution in [2.75, 3.05) is 0 Å². The van der Waals surface area contributed by atoms with E-state index in [0.29, 0.717) is 11.3 Å². The van der Waals surface area contributed by atoms with E-state index in [4.69, 9.17) is 4.74 Å². The summed E-state index contributed by atoms with van der Waals surface area (Å²) in [6, 6.07) is 0. The van der Waals surface area contributed by atoms with Crippen molar-refractivity contribution in [2.24, 2.45) is 16.7 Å². The van der Waals surface area contributed by atoms with Crippen LogP contribution >= 0.6 is 0 Å². The predicted molar refractivity (Wildman–Crippen MR) is 59.4 cm³/mol. The molecule has 0 aromatic heterocycles. The van der Waals surface area contributed by atoms with Gasteiger partial charge in [0.1, 0.15) is 5.60 Å². The maximum atomic E-state index is 11.3. The van der Waals surface area contributed by atoms with E-state index < -0.39 is 0 Å². The quantitative estimate of drug-likeness (QED) is 0.621. The number of carbonyl (C=O) groups excluding carboxylic acids is 1. The first kappa shape index (κ1) is 11.0. The van der Waals surface area contributed by atoms with E-state index in [-0.39, 0.29) is 17.0 Å². The lowest BCUT2D eigenvalue weighted by Gasteiger charge is -2.46. The van der Waals surface area contributed by atoms with Crippen molar-refractivity contribution in [1.82, 2.24) is 0 Å². The molecule has 2 heteroatoms. The zero-order valence-electron chi connectivity index (χ0n) is 10.5. The van der Waals surface area contributed by atoms with Crippen LogP contribution in [0.5, 0.6) is 0 Å². The lowest BCUT2D eigenvalue weighted by atomic mass is 9.66. The molecular weight excluding hydrogens is 188 g/mol. The predicted octanol–water partition coefficient (Wildman–Crippen LogP) is 3.15. The highest BCUT2D eigenvalue weighted by atomic mass is 16.6. The van der Waals surface area contributed by atoms with Crippen molar-refractivity contribution in [1.29, 1.82) is 0 Å². The highest BCUT2D eigenvalue weighted by molar-refractivity contribution is 5.66. The Bertz CT molecular complexity index is 312. The van der Waals surface area contributed by atoms with E-state index >= 15 is 0 Å². The summed E-state index contributed by atoms with van der Waals surface area (Å²) in [5.74, 6) is 0.328. The zero-order valence-corrected chi connectivity index (χ0v) is 10.5. The van der Waals surface area contributed by atoms with Crippen LogP contribution in [-0.2, 0) is 9.53 Å². The van der Waals surface area contributed by atoms with E-state index in [9.17, 15) is 4.79 Å². The molecule has 0 saturated heterocycles. The average Bonchev–Trinajstić information content (AvgIpc) is 2.47. The Balaban J connectivity index is 2.37. The second kappa shape index (κ2) is 2.78. The second-order valence-corrected chi connectivity index (χ2v) is 6.31. The number of hydrogen-bond donors (Lipinski definition) is 0. The molecule has 15 heavy (non-hydrogen) atoms. The van der Waals surface area contributed by atoms with Gasteiger partial charge in [-0.15, -0.1) is 0 Å². The van der Waals surface area contributed by atoms with Gasteiger partial charge in [-0.05, 0) is 31.6 Å². The Labute approximate surface area is 92.4 Å². The molecule has 2 fully saturated rings. The topological polar surface area (TPSA) is 26.3 Å². The van der Waals surface area contributed by atoms with Gasteiger partial charge in [0.15, 0.2) is 0 Å². The summed E-state index contributed by atoms with van der Waals surface area (Å²) in [5, 5.41) is 0. The normalized spacial score (nSPS) is 53.3. The number of rotatable bonds is 1. The minimum absolute atomic E-state index is 0.137. The van der Waals surface area contributed by atoms with Gasteiger partial charge in [-0.25, -0.2) is 0 Å².